The number of benzene rings is 4. The Hall–Kier alpha value is 8.62. The van der Waals surface area contributed by atoms with Crippen LogP contribution in [0, 0.1) is 29.7 Å². The fourth-order valence-electron chi connectivity index (χ4n) is 18.5. The predicted molar refractivity (Wildman–Crippen MR) is 579 cm³/mol. The van der Waals surface area contributed by atoms with Gasteiger partial charge in [0.25, 0.3) is 22.8 Å². The van der Waals surface area contributed by atoms with E-state index >= 15 is 0 Å². The molecule has 2 heterocycles. The van der Waals surface area contributed by atoms with Gasteiger partial charge in [-0.1, -0.05) is 363 Å². The van der Waals surface area contributed by atoms with Crippen LogP contribution in [0.15, 0.2) is 85.5 Å². The third kappa shape index (κ3) is 57.4. The van der Waals surface area contributed by atoms with E-state index in [1.54, 1.807) is 88.8 Å². The van der Waals surface area contributed by atoms with Crippen LogP contribution in [0.2, 0.25) is 41.3 Å². The Balaban J connectivity index is -0.0000000509. The van der Waals surface area contributed by atoms with Crippen LogP contribution in [0.4, 0.5) is 22.7 Å². The van der Waals surface area contributed by atoms with E-state index in [2.05, 4.69) is 241 Å². The molecule has 4 nitrogen and oxygen atoms in total. The molecule has 0 amide bonds. The van der Waals surface area contributed by atoms with Crippen molar-refractivity contribution in [1.29, 1.82) is 0 Å². The summed E-state index contributed by atoms with van der Waals surface area (Å²) in [5.74, 6) is 3.84. The number of hydrogen-bond acceptors (Lipinski definition) is 0. The first kappa shape index (κ1) is 202. The van der Waals surface area contributed by atoms with Gasteiger partial charge in [0.05, 0.1) is 8.07 Å². The first-order valence-corrected chi connectivity index (χ1v) is 57.3. The maximum atomic E-state index is 4.93. The molecule has 0 spiro atoms. The van der Waals surface area contributed by atoms with Gasteiger partial charge in [-0.05, 0) is 82.3 Å². The largest absolute Gasteiger partial charge is 0 e. The van der Waals surface area contributed by atoms with Gasteiger partial charge >= 0.3 is 89.1 Å². The van der Waals surface area contributed by atoms with Gasteiger partial charge in [0, 0.05) is 287 Å². The van der Waals surface area contributed by atoms with Crippen LogP contribution in [-0.2, 0) is 248 Å². The fourth-order valence-corrected chi connectivity index (χ4v) is 28.2. The molecule has 762 valence electrons. The van der Waals surface area contributed by atoms with E-state index in [4.69, 9.17) is 34.1 Å². The summed E-state index contributed by atoms with van der Waals surface area (Å²) in [5, 5.41) is 0. The van der Waals surface area contributed by atoms with Crippen LogP contribution in [0.5, 0.6) is 0 Å². The molecule has 2 aliphatic heterocycles. The van der Waals surface area contributed by atoms with Crippen LogP contribution < -0.4 is 0 Å². The van der Waals surface area contributed by atoms with Gasteiger partial charge in [-0.3, -0.25) is 0 Å². The fraction of sp³-hybridized carbons (Fsp3) is 0.646. The minimum absolute atomic E-state index is 0. The third-order valence-corrected chi connectivity index (χ3v) is 34.8. The minimum atomic E-state index is -1.25. The van der Waals surface area contributed by atoms with Crippen molar-refractivity contribution in [3.05, 3.63) is 160 Å². The van der Waals surface area contributed by atoms with Crippen molar-refractivity contribution in [2.75, 3.05) is 13.3 Å². The summed E-state index contributed by atoms with van der Waals surface area (Å²) in [4.78, 5) is 0. The van der Waals surface area contributed by atoms with Crippen LogP contribution >= 0.6 is 167 Å². The number of nitrogens with zero attached hydrogens (tertiary/aromatic N) is 4. The van der Waals surface area contributed by atoms with Gasteiger partial charge < -0.3 is 29.7 Å². The number of unbranched alkanes of at least 4 members (excludes halogenated alkanes) is 1. The van der Waals surface area contributed by atoms with Crippen molar-refractivity contribution in [3.63, 3.8) is 0 Å². The van der Waals surface area contributed by atoms with Crippen LogP contribution in [0.3, 0.4) is 0 Å². The monoisotopic (exact) mass is 2910 g/mol. The molecule has 4 aliphatic carbocycles. The molecule has 0 aromatic heterocycles. The third-order valence-electron chi connectivity index (χ3n) is 24.1. The van der Waals surface area contributed by atoms with Crippen molar-refractivity contribution in [2.45, 2.75) is 393 Å². The van der Waals surface area contributed by atoms with Gasteiger partial charge in [-0.15, -0.1) is 158 Å². The SMILES string of the molecule is Br.Br.C.C.C.C.C.C.C=CCCC1=[N+](c2c(C(C)C)cccc2C(C)C)C[N+](c2c(C(C)C)cccc2C(C)C)=C1C.CC1=[N+](c2c(C(C)C)cccc2C(C)C)C[N+](c2c(C(C)C)cccc2C(C)C)=C1CCCC[Si](C)(C1CCCC1)C1CCCC1.C[SiH](C1CCCC1)C1CCCC1.Cl.Cl.Cl.Cl.Cl.Cl.Cl.Cl.[CH3-].[CH3-].[CH3-].[CH3-].[Cl][Zr+2][Cl].[Cl][Zr+2][Cl].[Ni].[Ni].[Pd].[Pd].[Ti].[Ti].[V].[V].[Zr].[Zr]. The molecule has 10 rings (SSSR count). The molecular formula is C96H182Br2Cl12N4Ni2Pd2Si2Ti2V2Zr4+4. The molecule has 32 heteroatoms. The first-order chi connectivity index (χ1) is 46.8. The average molecular weight is 2930 g/mol. The zero-order valence-electron chi connectivity index (χ0n) is 77.7. The summed E-state index contributed by atoms with van der Waals surface area (Å²) in [7, 11) is 18.2. The molecule has 0 bridgehead atoms. The molecule has 128 heavy (non-hydrogen) atoms. The number of hydrogen-bond donors (Lipinski definition) is 0. The molecule has 0 saturated heterocycles. The normalized spacial score (nSPS) is 13.3. The van der Waals surface area contributed by atoms with Crippen molar-refractivity contribution in [3.8, 4) is 0 Å². The van der Waals surface area contributed by atoms with Crippen molar-refractivity contribution in [2.24, 2.45) is 0 Å². The van der Waals surface area contributed by atoms with E-state index in [9.17, 15) is 0 Å². The summed E-state index contributed by atoms with van der Waals surface area (Å²) in [6.07, 6.45) is 32.8. The van der Waals surface area contributed by atoms with Crippen molar-refractivity contribution >= 4 is 230 Å². The van der Waals surface area contributed by atoms with Crippen LogP contribution in [0.25, 0.3) is 0 Å². The van der Waals surface area contributed by atoms with Gasteiger partial charge in [-0.2, -0.15) is 0 Å². The van der Waals surface area contributed by atoms with Crippen molar-refractivity contribution < 1.29 is 267 Å². The number of halogens is 14. The second-order valence-electron chi connectivity index (χ2n) is 33.0. The minimum Gasteiger partial charge on any atom is 0 e. The molecule has 6 aliphatic rings. The Morgan fingerprint density at radius 3 is 0.773 bits per heavy atom. The second-order valence-corrected chi connectivity index (χ2v) is 49.2. The molecule has 2 radical (unpaired) electrons. The summed E-state index contributed by atoms with van der Waals surface area (Å²) in [6, 6.07) is 29.5. The van der Waals surface area contributed by atoms with E-state index in [0.29, 0.717) is 47.3 Å². The zero-order valence-corrected chi connectivity index (χ0v) is 114. The molecule has 4 fully saturated rings. The van der Waals surface area contributed by atoms with Gasteiger partial charge in [0.2, 0.25) is 22.7 Å². The Labute approximate surface area is 1050 Å². The Morgan fingerprint density at radius 1 is 0.391 bits per heavy atom. The first-order valence-electron chi connectivity index (χ1n) is 39.3. The zero-order chi connectivity index (χ0) is 72.1. The van der Waals surface area contributed by atoms with Crippen LogP contribution in [-0.4, -0.2) is 71.4 Å². The molecule has 4 aromatic rings. The molecule has 4 aromatic carbocycles. The van der Waals surface area contributed by atoms with E-state index < -0.39 is 49.8 Å². The summed E-state index contributed by atoms with van der Waals surface area (Å²) in [6.45, 7) is 53.7. The molecule has 0 N–H and O–H groups in total. The molecular weight excluding hydrogens is 2740 g/mol. The Bertz CT molecular complexity index is 3270. The number of para-hydroxylation sites is 4. The van der Waals surface area contributed by atoms with Crippen molar-refractivity contribution in [1.82, 2.24) is 0 Å². The summed E-state index contributed by atoms with van der Waals surface area (Å²) >= 11 is -1.65. The van der Waals surface area contributed by atoms with E-state index in [1.165, 1.54) is 140 Å². The average Bonchev–Trinajstić information content (AvgIpc) is 1.59. The van der Waals surface area contributed by atoms with Crippen LogP contribution in [0.1, 0.15) is 396 Å². The number of rotatable bonds is 24. The van der Waals surface area contributed by atoms with E-state index in [0.717, 1.165) is 37.3 Å². The molecule has 0 atom stereocenters. The maximum Gasteiger partial charge on any atom is 0 e. The van der Waals surface area contributed by atoms with E-state index in [1.807, 2.05) is 0 Å². The second kappa shape index (κ2) is 106. The smallest absolute Gasteiger partial charge is 0 e. The Kier molecular flexibility index (Phi) is 166. The van der Waals surface area contributed by atoms with Gasteiger partial charge in [0.1, 0.15) is 0 Å². The topological polar surface area (TPSA) is 12.0 Å². The Morgan fingerprint density at radius 2 is 0.578 bits per heavy atom. The maximum absolute atomic E-state index is 4.93. The van der Waals surface area contributed by atoms with Gasteiger partial charge in [0.15, 0.2) is 0 Å². The molecule has 4 saturated carbocycles. The summed E-state index contributed by atoms with van der Waals surface area (Å²) < 4.78 is 10.7. The quantitative estimate of drug-likeness (QED) is 0.0218. The summed E-state index contributed by atoms with van der Waals surface area (Å²) in [5.41, 5.74) is 28.1. The van der Waals surface area contributed by atoms with E-state index in [-0.39, 0.29) is 423 Å². The molecule has 0 unspecified atom stereocenters. The van der Waals surface area contributed by atoms with Gasteiger partial charge in [-0.25, -0.2) is 0 Å². The standard InChI is InChI=1S/C43H68N2Si.C32H46N2.C11H22Si.6CH4.4CH3.2BrH.12ClH.2Ni.2Pd.2Ti.2V.4Zr/c1-30(2)37-23-17-24-38(31(3)4)42(37)44-29-45(43-39(32(5)6)25-18-26-40(43)33(7)8)41(34(44)9)27-15-16-28-46(10,35-19-11-12-20-35)36-21-13-14-22-36;1-11-12-19-30-25(10)33(31-26(21(2)3)15-13-16-27(31)22(4)5)20-34(30)32-28(23(6)7)17-14-18-29(32)24(8)9;1-12(10-6-2-3-7-10)11-8-4-5-9-11;;;;;;;;;;;;;;;;;;;;;;;;;;;;;;;;;;;;/h17-18,23-26,30-33,35-36H,11-16,19-22,27-29H2,1-10H3;11,13-18,21-24H,1,12,19-20H2,2-10H3;10-12H,2-9H2,1H3;6*1H4;4*1H3;14*1H;;;;;;;;;;;;/q2*+2;;;;;;;;4*-1;;;;;;;;;;;;;;;;;;;;;;;;;2*+4/p-4. The predicted octanol–water partition coefficient (Wildman–Crippen LogP) is 38.8. The number of allylic oxidation sites excluding steroid dienone is 1.